The first-order valence-corrected chi connectivity index (χ1v) is 8.06. The number of carbonyl (C=O) groups excluding carboxylic acids is 1. The van der Waals surface area contributed by atoms with Crippen molar-refractivity contribution in [1.82, 2.24) is 5.32 Å². The van der Waals surface area contributed by atoms with Crippen molar-refractivity contribution < 1.29 is 27.4 Å². The molecule has 0 aromatic heterocycles. The first-order chi connectivity index (χ1) is 11.3. The molecule has 1 aliphatic rings. The van der Waals surface area contributed by atoms with Gasteiger partial charge in [-0.2, -0.15) is 0 Å². The van der Waals surface area contributed by atoms with Gasteiger partial charge in [-0.15, -0.1) is 13.2 Å². The van der Waals surface area contributed by atoms with Gasteiger partial charge in [-0.25, -0.2) is 0 Å². The third-order valence-corrected chi connectivity index (χ3v) is 4.33. The SMILES string of the molecule is CCOC(=O)C1(CNCc2ccc(OC(F)(F)F)c(Cl)c2)CCC1. The third kappa shape index (κ3) is 4.77. The molecular formula is C16H19ClF3NO3. The van der Waals surface area contributed by atoms with E-state index in [2.05, 4.69) is 10.1 Å². The smallest absolute Gasteiger partial charge is 0.466 e. The highest BCUT2D eigenvalue weighted by Crippen LogP contribution is 2.41. The van der Waals surface area contributed by atoms with Crippen LogP contribution in [0.25, 0.3) is 0 Å². The van der Waals surface area contributed by atoms with Gasteiger partial charge in [0, 0.05) is 13.1 Å². The van der Waals surface area contributed by atoms with Crippen molar-refractivity contribution in [3.63, 3.8) is 0 Å². The molecule has 0 aliphatic heterocycles. The summed E-state index contributed by atoms with van der Waals surface area (Å²) in [6.45, 7) is 2.96. The summed E-state index contributed by atoms with van der Waals surface area (Å²) in [4.78, 5) is 12.0. The zero-order chi connectivity index (χ0) is 17.8. The summed E-state index contributed by atoms with van der Waals surface area (Å²) in [5.41, 5.74) is 0.215. The van der Waals surface area contributed by atoms with Crippen LogP contribution < -0.4 is 10.1 Å². The lowest BCUT2D eigenvalue weighted by atomic mass is 9.68. The molecule has 134 valence electrons. The predicted octanol–water partition coefficient (Wildman–Crippen LogP) is 4.06. The molecule has 8 heteroatoms. The maximum absolute atomic E-state index is 12.2. The lowest BCUT2D eigenvalue weighted by Gasteiger charge is -2.39. The number of rotatable bonds is 7. The highest BCUT2D eigenvalue weighted by Gasteiger charge is 2.45. The average Bonchev–Trinajstić information content (AvgIpc) is 2.43. The highest BCUT2D eigenvalue weighted by atomic mass is 35.5. The van der Waals surface area contributed by atoms with Gasteiger partial charge in [-0.1, -0.05) is 24.1 Å². The van der Waals surface area contributed by atoms with Crippen LogP contribution in [0.1, 0.15) is 31.7 Å². The van der Waals surface area contributed by atoms with Crippen LogP contribution in [0.2, 0.25) is 5.02 Å². The standard InChI is InChI=1S/C16H19ClF3NO3/c1-2-23-14(22)15(6-3-7-15)10-21-9-11-4-5-13(12(17)8-11)24-16(18,19)20/h4-5,8,21H,2-3,6-7,9-10H2,1H3. The van der Waals surface area contributed by atoms with Crippen LogP contribution in [0.5, 0.6) is 5.75 Å². The summed E-state index contributed by atoms with van der Waals surface area (Å²) in [6.07, 6.45) is -2.24. The molecule has 4 nitrogen and oxygen atoms in total. The minimum atomic E-state index is -4.78. The molecule has 0 saturated heterocycles. The number of halogens is 4. The van der Waals surface area contributed by atoms with Gasteiger partial charge in [0.05, 0.1) is 17.0 Å². The fraction of sp³-hybridized carbons (Fsp3) is 0.562. The molecule has 0 unspecified atom stereocenters. The van der Waals surface area contributed by atoms with Gasteiger partial charge in [-0.05, 0) is 37.5 Å². The number of nitrogens with one attached hydrogen (secondary N) is 1. The maximum Gasteiger partial charge on any atom is 0.573 e. The van der Waals surface area contributed by atoms with Crippen molar-refractivity contribution in [3.05, 3.63) is 28.8 Å². The van der Waals surface area contributed by atoms with Gasteiger partial charge >= 0.3 is 12.3 Å². The topological polar surface area (TPSA) is 47.6 Å². The Labute approximate surface area is 143 Å². The quantitative estimate of drug-likeness (QED) is 0.740. The normalized spacial score (nSPS) is 16.4. The fourth-order valence-electron chi connectivity index (χ4n) is 2.65. The van der Waals surface area contributed by atoms with E-state index < -0.39 is 17.5 Å². The Bertz CT molecular complexity index is 588. The van der Waals surface area contributed by atoms with E-state index in [1.54, 1.807) is 6.92 Å². The first kappa shape index (κ1) is 18.9. The number of carbonyl (C=O) groups is 1. The van der Waals surface area contributed by atoms with E-state index in [0.717, 1.165) is 19.3 Å². The Hall–Kier alpha value is -1.47. The van der Waals surface area contributed by atoms with E-state index in [1.807, 2.05) is 0 Å². The lowest BCUT2D eigenvalue weighted by molar-refractivity contribution is -0.274. The maximum atomic E-state index is 12.2. The van der Waals surface area contributed by atoms with Crippen molar-refractivity contribution >= 4 is 17.6 Å². The summed E-state index contributed by atoms with van der Waals surface area (Å²) in [7, 11) is 0. The lowest BCUT2D eigenvalue weighted by Crippen LogP contribution is -2.47. The van der Waals surface area contributed by atoms with Gasteiger partial charge in [-0.3, -0.25) is 4.79 Å². The highest BCUT2D eigenvalue weighted by molar-refractivity contribution is 6.32. The van der Waals surface area contributed by atoms with Crippen molar-refractivity contribution in [2.24, 2.45) is 5.41 Å². The van der Waals surface area contributed by atoms with E-state index in [9.17, 15) is 18.0 Å². The molecular weight excluding hydrogens is 347 g/mol. The molecule has 0 amide bonds. The van der Waals surface area contributed by atoms with E-state index in [1.165, 1.54) is 18.2 Å². The second-order valence-electron chi connectivity index (χ2n) is 5.77. The van der Waals surface area contributed by atoms with Gasteiger partial charge in [0.15, 0.2) is 0 Å². The molecule has 1 N–H and O–H groups in total. The van der Waals surface area contributed by atoms with Crippen LogP contribution in [-0.4, -0.2) is 25.5 Å². The van der Waals surface area contributed by atoms with Gasteiger partial charge in [0.25, 0.3) is 0 Å². The van der Waals surface area contributed by atoms with E-state index in [-0.39, 0.29) is 11.0 Å². The number of esters is 1. The minimum absolute atomic E-state index is 0.115. The van der Waals surface area contributed by atoms with Crippen LogP contribution >= 0.6 is 11.6 Å². The average molecular weight is 366 g/mol. The molecule has 1 aromatic rings. The Balaban J connectivity index is 1.90. The number of hydrogen-bond acceptors (Lipinski definition) is 4. The largest absolute Gasteiger partial charge is 0.573 e. The van der Waals surface area contributed by atoms with Crippen molar-refractivity contribution in [2.45, 2.75) is 39.1 Å². The molecule has 1 aliphatic carbocycles. The molecule has 1 saturated carbocycles. The molecule has 0 radical (unpaired) electrons. The molecule has 0 bridgehead atoms. The number of benzene rings is 1. The van der Waals surface area contributed by atoms with Crippen LogP contribution in [-0.2, 0) is 16.1 Å². The minimum Gasteiger partial charge on any atom is -0.466 e. The van der Waals surface area contributed by atoms with E-state index >= 15 is 0 Å². The van der Waals surface area contributed by atoms with E-state index in [0.29, 0.717) is 25.3 Å². The number of ether oxygens (including phenoxy) is 2. The summed E-state index contributed by atoms with van der Waals surface area (Å²) in [5.74, 6) is -0.634. The second kappa shape index (κ2) is 7.61. The molecule has 0 atom stereocenters. The second-order valence-corrected chi connectivity index (χ2v) is 6.18. The number of alkyl halides is 3. The monoisotopic (exact) mass is 365 g/mol. The zero-order valence-corrected chi connectivity index (χ0v) is 14.0. The Kier molecular flexibility index (Phi) is 5.98. The van der Waals surface area contributed by atoms with Crippen LogP contribution in [0, 0.1) is 5.41 Å². The van der Waals surface area contributed by atoms with Crippen LogP contribution in [0.4, 0.5) is 13.2 Å². The molecule has 1 aromatic carbocycles. The molecule has 2 rings (SSSR count). The van der Waals surface area contributed by atoms with Gasteiger partial charge in [0.1, 0.15) is 5.75 Å². The van der Waals surface area contributed by atoms with Gasteiger partial charge in [0.2, 0.25) is 0 Å². The van der Waals surface area contributed by atoms with Crippen molar-refractivity contribution in [3.8, 4) is 5.75 Å². The molecule has 1 fully saturated rings. The molecule has 0 heterocycles. The third-order valence-electron chi connectivity index (χ3n) is 4.03. The van der Waals surface area contributed by atoms with Crippen LogP contribution in [0.15, 0.2) is 18.2 Å². The summed E-state index contributed by atoms with van der Waals surface area (Å²) >= 11 is 5.81. The van der Waals surface area contributed by atoms with Crippen LogP contribution in [0.3, 0.4) is 0 Å². The van der Waals surface area contributed by atoms with Gasteiger partial charge < -0.3 is 14.8 Å². The van der Waals surface area contributed by atoms with Crippen molar-refractivity contribution in [1.29, 1.82) is 0 Å². The Morgan fingerprint density at radius 3 is 2.58 bits per heavy atom. The van der Waals surface area contributed by atoms with E-state index in [4.69, 9.17) is 16.3 Å². The van der Waals surface area contributed by atoms with Crippen molar-refractivity contribution in [2.75, 3.05) is 13.2 Å². The Morgan fingerprint density at radius 2 is 2.08 bits per heavy atom. The first-order valence-electron chi connectivity index (χ1n) is 7.68. The number of hydrogen-bond donors (Lipinski definition) is 1. The predicted molar refractivity (Wildman–Crippen MR) is 82.8 cm³/mol. The fourth-order valence-corrected chi connectivity index (χ4v) is 2.89. The summed E-state index contributed by atoms with van der Waals surface area (Å²) < 4.78 is 45.5. The summed E-state index contributed by atoms with van der Waals surface area (Å²) in [5, 5.41) is 3.04. The summed E-state index contributed by atoms with van der Waals surface area (Å²) in [6, 6.07) is 4.09. The molecule has 0 spiro atoms. The zero-order valence-electron chi connectivity index (χ0n) is 13.2. The Morgan fingerprint density at radius 1 is 1.38 bits per heavy atom. The molecule has 24 heavy (non-hydrogen) atoms.